The number of hydrazine groups is 1. The van der Waals surface area contributed by atoms with Crippen LogP contribution in [0, 0.1) is 0 Å². The lowest BCUT2D eigenvalue weighted by Gasteiger charge is -2.22. The van der Waals surface area contributed by atoms with E-state index >= 15 is 0 Å². The van der Waals surface area contributed by atoms with Gasteiger partial charge in [0.2, 0.25) is 0 Å². The van der Waals surface area contributed by atoms with E-state index in [1.54, 1.807) is 30.6 Å². The molecule has 0 spiro atoms. The Hall–Kier alpha value is -1.53. The zero-order valence-electron chi connectivity index (χ0n) is 8.04. The molecule has 84 valence electrons. The first-order valence-electron chi connectivity index (χ1n) is 4.36. The molecule has 0 bridgehead atoms. The summed E-state index contributed by atoms with van der Waals surface area (Å²) in [5.74, 6) is 0. The van der Waals surface area contributed by atoms with Gasteiger partial charge in [-0.15, -0.1) is 0 Å². The fourth-order valence-corrected chi connectivity index (χ4v) is 2.34. The van der Waals surface area contributed by atoms with Crippen LogP contribution in [0.25, 0.3) is 0 Å². The van der Waals surface area contributed by atoms with Crippen molar-refractivity contribution in [3.05, 3.63) is 36.7 Å². The van der Waals surface area contributed by atoms with Gasteiger partial charge in [0, 0.05) is 23.1 Å². The normalized spacial score (nSPS) is 14.9. The molecule has 1 aliphatic rings. The van der Waals surface area contributed by atoms with E-state index in [1.165, 1.54) is 17.4 Å². The van der Waals surface area contributed by atoms with Crippen LogP contribution in [0.4, 0.5) is 5.69 Å². The molecule has 0 fully saturated rings. The van der Waals surface area contributed by atoms with Gasteiger partial charge in [-0.05, 0) is 12.1 Å². The minimum atomic E-state index is -3.78. The largest absolute Gasteiger partial charge is 0.299 e. The number of anilines is 1. The molecule has 1 aliphatic heterocycles. The van der Waals surface area contributed by atoms with Crippen LogP contribution in [0.2, 0.25) is 0 Å². The highest BCUT2D eigenvalue weighted by molar-refractivity contribution is 8.13. The Balaban J connectivity index is 2.49. The van der Waals surface area contributed by atoms with E-state index in [1.807, 2.05) is 0 Å². The van der Waals surface area contributed by atoms with Crippen molar-refractivity contribution in [3.63, 3.8) is 0 Å². The van der Waals surface area contributed by atoms with Gasteiger partial charge < -0.3 is 0 Å². The number of aliphatic imine (C=N–C) groups is 1. The van der Waals surface area contributed by atoms with E-state index in [2.05, 4.69) is 10.4 Å². The smallest absolute Gasteiger partial charge is 0.263 e. The molecule has 1 aromatic carbocycles. The van der Waals surface area contributed by atoms with Gasteiger partial charge in [-0.3, -0.25) is 5.43 Å². The van der Waals surface area contributed by atoms with E-state index in [0.717, 1.165) is 0 Å². The number of para-hydroxylation sites is 1. The first kappa shape index (κ1) is 11.0. The zero-order valence-corrected chi connectivity index (χ0v) is 9.61. The molecular formula is C9H8ClN3O2S. The van der Waals surface area contributed by atoms with Crippen LogP contribution in [-0.4, -0.2) is 14.8 Å². The molecule has 2 rings (SSSR count). The molecule has 0 atom stereocenters. The minimum Gasteiger partial charge on any atom is -0.299 e. The predicted molar refractivity (Wildman–Crippen MR) is 62.7 cm³/mol. The molecule has 0 saturated heterocycles. The molecule has 0 unspecified atom stereocenters. The maximum atomic E-state index is 11.3. The summed E-state index contributed by atoms with van der Waals surface area (Å²) in [5.41, 5.74) is 3.25. The van der Waals surface area contributed by atoms with Gasteiger partial charge >= 0.3 is 0 Å². The van der Waals surface area contributed by atoms with Crippen LogP contribution in [0.15, 0.2) is 46.6 Å². The third-order valence-corrected chi connectivity index (χ3v) is 3.31. The number of halogens is 1. The molecule has 0 aromatic heterocycles. The highest BCUT2D eigenvalue weighted by Gasteiger charge is 2.18. The van der Waals surface area contributed by atoms with Crippen molar-refractivity contribution < 1.29 is 8.42 Å². The SMILES string of the molecule is O=S(=O)(Cl)c1ccccc1N1C=NC=CN1. The summed E-state index contributed by atoms with van der Waals surface area (Å²) in [4.78, 5) is 3.91. The average molecular weight is 258 g/mol. The minimum absolute atomic E-state index is 0.0333. The van der Waals surface area contributed by atoms with Crippen LogP contribution < -0.4 is 10.4 Å². The molecule has 0 aliphatic carbocycles. The Morgan fingerprint density at radius 1 is 1.31 bits per heavy atom. The molecule has 1 heterocycles. The number of benzene rings is 1. The number of nitrogens with zero attached hydrogens (tertiary/aromatic N) is 2. The monoisotopic (exact) mass is 257 g/mol. The van der Waals surface area contributed by atoms with Crippen molar-refractivity contribution in [1.82, 2.24) is 5.43 Å². The average Bonchev–Trinajstić information content (AvgIpc) is 2.29. The summed E-state index contributed by atoms with van der Waals surface area (Å²) in [6.45, 7) is 0. The van der Waals surface area contributed by atoms with E-state index in [0.29, 0.717) is 5.69 Å². The first-order valence-corrected chi connectivity index (χ1v) is 6.67. The van der Waals surface area contributed by atoms with Gasteiger partial charge in [0.1, 0.15) is 11.2 Å². The fraction of sp³-hybridized carbons (Fsp3) is 0. The summed E-state index contributed by atoms with van der Waals surface area (Å²) < 4.78 is 22.7. The number of hydrogen-bond acceptors (Lipinski definition) is 5. The van der Waals surface area contributed by atoms with E-state index in [9.17, 15) is 8.42 Å². The van der Waals surface area contributed by atoms with Gasteiger partial charge in [0.25, 0.3) is 9.05 Å². The van der Waals surface area contributed by atoms with Gasteiger partial charge in [0.05, 0.1) is 5.69 Å². The Morgan fingerprint density at radius 3 is 2.69 bits per heavy atom. The lowest BCUT2D eigenvalue weighted by atomic mass is 10.3. The van der Waals surface area contributed by atoms with E-state index in [4.69, 9.17) is 10.7 Å². The van der Waals surface area contributed by atoms with Crippen molar-refractivity contribution >= 4 is 31.8 Å². The van der Waals surface area contributed by atoms with E-state index in [-0.39, 0.29) is 4.90 Å². The molecule has 16 heavy (non-hydrogen) atoms. The van der Waals surface area contributed by atoms with Crippen LogP contribution in [0.5, 0.6) is 0 Å². The lowest BCUT2D eigenvalue weighted by molar-refractivity contribution is 0.609. The maximum Gasteiger partial charge on any atom is 0.263 e. The van der Waals surface area contributed by atoms with Crippen molar-refractivity contribution in [2.45, 2.75) is 4.90 Å². The molecule has 7 heteroatoms. The molecule has 0 saturated carbocycles. The van der Waals surface area contributed by atoms with Crippen LogP contribution >= 0.6 is 10.7 Å². The number of nitrogens with one attached hydrogen (secondary N) is 1. The molecule has 0 amide bonds. The lowest BCUT2D eigenvalue weighted by Crippen LogP contribution is -2.35. The van der Waals surface area contributed by atoms with Crippen molar-refractivity contribution in [1.29, 1.82) is 0 Å². The quantitative estimate of drug-likeness (QED) is 0.815. The standard InChI is InChI=1S/C9H8ClN3O2S/c10-16(14,15)9-4-2-1-3-8(9)13-7-11-5-6-12-13/h1-7,12H. The first-order chi connectivity index (χ1) is 7.59. The third kappa shape index (κ3) is 2.17. The summed E-state index contributed by atoms with van der Waals surface area (Å²) in [7, 11) is 1.56. The highest BCUT2D eigenvalue weighted by atomic mass is 35.7. The van der Waals surface area contributed by atoms with Gasteiger partial charge in [-0.1, -0.05) is 12.1 Å². The molecule has 0 radical (unpaired) electrons. The van der Waals surface area contributed by atoms with Gasteiger partial charge in [-0.25, -0.2) is 18.4 Å². The summed E-state index contributed by atoms with van der Waals surface area (Å²) in [6, 6.07) is 6.39. The summed E-state index contributed by atoms with van der Waals surface area (Å²) >= 11 is 0. The topological polar surface area (TPSA) is 61.8 Å². The van der Waals surface area contributed by atoms with Crippen molar-refractivity contribution in [2.75, 3.05) is 5.01 Å². The number of hydrogen-bond donors (Lipinski definition) is 1. The van der Waals surface area contributed by atoms with Crippen molar-refractivity contribution in [2.24, 2.45) is 4.99 Å². The Labute approximate surface area is 97.4 Å². The summed E-state index contributed by atoms with van der Waals surface area (Å²) in [6.07, 6.45) is 4.59. The number of rotatable bonds is 2. The van der Waals surface area contributed by atoms with E-state index < -0.39 is 9.05 Å². The second kappa shape index (κ2) is 4.15. The Bertz CT molecular complexity index is 554. The highest BCUT2D eigenvalue weighted by Crippen LogP contribution is 2.26. The molecule has 1 aromatic rings. The van der Waals surface area contributed by atoms with Crippen LogP contribution in [0.1, 0.15) is 0 Å². The van der Waals surface area contributed by atoms with Crippen molar-refractivity contribution in [3.8, 4) is 0 Å². The Morgan fingerprint density at radius 2 is 2.06 bits per heavy atom. The summed E-state index contributed by atoms with van der Waals surface area (Å²) in [5, 5.41) is 1.47. The fourth-order valence-electron chi connectivity index (χ4n) is 1.29. The predicted octanol–water partition coefficient (Wildman–Crippen LogP) is 1.44. The van der Waals surface area contributed by atoms with Gasteiger partial charge in [0.15, 0.2) is 0 Å². The van der Waals surface area contributed by atoms with Crippen LogP contribution in [0.3, 0.4) is 0 Å². The third-order valence-electron chi connectivity index (χ3n) is 1.94. The van der Waals surface area contributed by atoms with Crippen LogP contribution in [-0.2, 0) is 9.05 Å². The second-order valence-electron chi connectivity index (χ2n) is 2.98. The molecular weight excluding hydrogens is 250 g/mol. The zero-order chi connectivity index (χ0) is 11.6. The molecule has 1 N–H and O–H groups in total. The molecule has 5 nitrogen and oxygen atoms in total. The Kier molecular flexibility index (Phi) is 2.84. The maximum absolute atomic E-state index is 11.3. The van der Waals surface area contributed by atoms with Gasteiger partial charge in [-0.2, -0.15) is 0 Å². The second-order valence-corrected chi connectivity index (χ2v) is 5.52.